The molecule has 0 bridgehead atoms. The molecule has 6 heteroatoms. The van der Waals surface area contributed by atoms with Crippen molar-refractivity contribution in [3.63, 3.8) is 0 Å². The van der Waals surface area contributed by atoms with Crippen LogP contribution >= 0.6 is 0 Å². The zero-order valence-electron chi connectivity index (χ0n) is 16.9. The average Bonchev–Trinajstić information content (AvgIpc) is 2.72. The van der Waals surface area contributed by atoms with Crippen LogP contribution in [0.25, 0.3) is 0 Å². The van der Waals surface area contributed by atoms with Crippen molar-refractivity contribution < 1.29 is 28.4 Å². The fraction of sp³-hybridized carbons (Fsp3) is 0.364. The van der Waals surface area contributed by atoms with Gasteiger partial charge < -0.3 is 28.4 Å². The minimum absolute atomic E-state index is 0.255. The van der Waals surface area contributed by atoms with Crippen molar-refractivity contribution in [2.24, 2.45) is 0 Å². The lowest BCUT2D eigenvalue weighted by Crippen LogP contribution is -2.31. The third-order valence-electron chi connectivity index (χ3n) is 4.68. The summed E-state index contributed by atoms with van der Waals surface area (Å²) in [5.74, 6) is 3.55. The molecule has 3 rings (SSSR count). The van der Waals surface area contributed by atoms with Crippen molar-refractivity contribution in [3.05, 3.63) is 48.0 Å². The molecule has 0 radical (unpaired) electrons. The van der Waals surface area contributed by atoms with Gasteiger partial charge in [0, 0.05) is 5.56 Å². The normalized spacial score (nSPS) is 17.6. The number of methoxy groups -OCH3 is 4. The van der Waals surface area contributed by atoms with Crippen LogP contribution in [-0.2, 0) is 6.42 Å². The second kappa shape index (κ2) is 8.33. The Morgan fingerprint density at radius 3 is 2.07 bits per heavy atom. The van der Waals surface area contributed by atoms with Crippen LogP contribution in [0.3, 0.4) is 0 Å². The highest BCUT2D eigenvalue weighted by Gasteiger charge is 2.33. The van der Waals surface area contributed by atoms with Gasteiger partial charge >= 0.3 is 0 Å². The van der Waals surface area contributed by atoms with Gasteiger partial charge in [-0.25, -0.2) is 0 Å². The summed E-state index contributed by atoms with van der Waals surface area (Å²) in [7, 11) is 6.37. The first-order valence-corrected chi connectivity index (χ1v) is 9.01. The second-order valence-electron chi connectivity index (χ2n) is 6.44. The minimum atomic E-state index is -0.357. The minimum Gasteiger partial charge on any atom is -0.493 e. The van der Waals surface area contributed by atoms with Crippen LogP contribution in [0, 0.1) is 0 Å². The topological polar surface area (TPSA) is 55.4 Å². The molecule has 0 saturated carbocycles. The first kappa shape index (κ1) is 19.7. The van der Waals surface area contributed by atoms with E-state index in [-0.39, 0.29) is 12.2 Å². The number of rotatable bonds is 7. The van der Waals surface area contributed by atoms with Crippen LogP contribution < -0.4 is 28.4 Å². The standard InChI is InChI=1S/C22H26O6/c1-7-8-14-9-16(23-3)22-19(10-14)28-20(13(2)27-22)15-11-17(24-4)21(26-6)18(12-15)25-5/h7,9-13,20H,1,8H2,2-6H3/t13-,20+/m1/s1. The fourth-order valence-corrected chi connectivity index (χ4v) is 3.36. The highest BCUT2D eigenvalue weighted by atomic mass is 16.6. The van der Waals surface area contributed by atoms with Crippen LogP contribution in [0.2, 0.25) is 0 Å². The predicted molar refractivity (Wildman–Crippen MR) is 106 cm³/mol. The lowest BCUT2D eigenvalue weighted by molar-refractivity contribution is 0.0278. The Morgan fingerprint density at radius 2 is 1.54 bits per heavy atom. The van der Waals surface area contributed by atoms with Crippen LogP contribution in [0.5, 0.6) is 34.5 Å². The van der Waals surface area contributed by atoms with Crippen LogP contribution in [-0.4, -0.2) is 34.5 Å². The predicted octanol–water partition coefficient (Wildman–Crippen LogP) is 4.35. The summed E-state index contributed by atoms with van der Waals surface area (Å²) in [6, 6.07) is 7.65. The molecule has 1 heterocycles. The molecule has 1 aliphatic heterocycles. The molecule has 2 aromatic carbocycles. The number of ether oxygens (including phenoxy) is 6. The SMILES string of the molecule is C=CCc1cc(OC)c2c(c1)O[C@H](c1cc(OC)c(OC)c(OC)c1)[C@@H](C)O2. The van der Waals surface area contributed by atoms with E-state index in [1.165, 1.54) is 0 Å². The molecule has 0 fully saturated rings. The van der Waals surface area contributed by atoms with Crippen molar-refractivity contribution in [1.82, 2.24) is 0 Å². The molecule has 0 N–H and O–H groups in total. The van der Waals surface area contributed by atoms with Gasteiger partial charge in [-0.2, -0.15) is 0 Å². The maximum atomic E-state index is 6.34. The van der Waals surface area contributed by atoms with E-state index in [1.54, 1.807) is 28.4 Å². The van der Waals surface area contributed by atoms with Crippen LogP contribution in [0.15, 0.2) is 36.9 Å². The van der Waals surface area contributed by atoms with Gasteiger partial charge in [-0.3, -0.25) is 0 Å². The van der Waals surface area contributed by atoms with E-state index >= 15 is 0 Å². The number of hydrogen-bond acceptors (Lipinski definition) is 6. The van der Waals surface area contributed by atoms with Gasteiger partial charge in [-0.05, 0) is 43.2 Å². The van der Waals surface area contributed by atoms with E-state index in [0.29, 0.717) is 40.9 Å². The Hall–Kier alpha value is -3.02. The number of allylic oxidation sites excluding steroid dienone is 1. The zero-order chi connectivity index (χ0) is 20.3. The van der Waals surface area contributed by atoms with Crippen LogP contribution in [0.4, 0.5) is 0 Å². The van der Waals surface area contributed by atoms with Gasteiger partial charge in [0.1, 0.15) is 6.10 Å². The summed E-state index contributed by atoms with van der Waals surface area (Å²) in [5, 5.41) is 0. The molecule has 6 nitrogen and oxygen atoms in total. The van der Waals surface area contributed by atoms with Crippen molar-refractivity contribution in [3.8, 4) is 34.5 Å². The van der Waals surface area contributed by atoms with Gasteiger partial charge in [-0.15, -0.1) is 6.58 Å². The largest absolute Gasteiger partial charge is 0.493 e. The van der Waals surface area contributed by atoms with Crippen LogP contribution in [0.1, 0.15) is 24.2 Å². The summed E-state index contributed by atoms with van der Waals surface area (Å²) < 4.78 is 34.4. The van der Waals surface area contributed by atoms with Gasteiger partial charge in [-0.1, -0.05) is 6.08 Å². The monoisotopic (exact) mass is 386 g/mol. The molecule has 2 aromatic rings. The van der Waals surface area contributed by atoms with E-state index in [1.807, 2.05) is 37.3 Å². The van der Waals surface area contributed by atoms with E-state index in [4.69, 9.17) is 28.4 Å². The molecule has 0 unspecified atom stereocenters. The summed E-state index contributed by atoms with van der Waals surface area (Å²) in [5.41, 5.74) is 1.90. The molecular weight excluding hydrogens is 360 g/mol. The van der Waals surface area contributed by atoms with E-state index < -0.39 is 0 Å². The Bertz CT molecular complexity index is 835. The summed E-state index contributed by atoms with van der Waals surface area (Å²) in [6.45, 7) is 5.75. The Labute approximate surface area is 165 Å². The van der Waals surface area contributed by atoms with E-state index in [0.717, 1.165) is 11.1 Å². The molecule has 1 aliphatic rings. The van der Waals surface area contributed by atoms with E-state index in [2.05, 4.69) is 6.58 Å². The lowest BCUT2D eigenvalue weighted by atomic mass is 10.0. The summed E-state index contributed by atoms with van der Waals surface area (Å²) in [4.78, 5) is 0. The molecular formula is C22H26O6. The first-order chi connectivity index (χ1) is 13.6. The van der Waals surface area contributed by atoms with Gasteiger partial charge in [0.25, 0.3) is 0 Å². The molecule has 0 aliphatic carbocycles. The first-order valence-electron chi connectivity index (χ1n) is 9.01. The number of benzene rings is 2. The third-order valence-corrected chi connectivity index (χ3v) is 4.68. The highest BCUT2D eigenvalue weighted by molar-refractivity contribution is 5.57. The molecule has 2 atom stereocenters. The Kier molecular flexibility index (Phi) is 5.87. The number of hydrogen-bond donors (Lipinski definition) is 0. The quantitative estimate of drug-likeness (QED) is 0.660. The molecule has 28 heavy (non-hydrogen) atoms. The Morgan fingerprint density at radius 1 is 0.893 bits per heavy atom. The average molecular weight is 386 g/mol. The van der Waals surface area contributed by atoms with Crippen molar-refractivity contribution in [2.45, 2.75) is 25.6 Å². The highest BCUT2D eigenvalue weighted by Crippen LogP contribution is 2.48. The zero-order valence-corrected chi connectivity index (χ0v) is 16.9. The van der Waals surface area contributed by atoms with E-state index in [9.17, 15) is 0 Å². The third kappa shape index (κ3) is 3.54. The van der Waals surface area contributed by atoms with Gasteiger partial charge in [0.15, 0.2) is 29.1 Å². The molecule has 0 amide bonds. The molecule has 0 aromatic heterocycles. The van der Waals surface area contributed by atoms with Gasteiger partial charge in [0.2, 0.25) is 11.5 Å². The maximum Gasteiger partial charge on any atom is 0.204 e. The van der Waals surface area contributed by atoms with Gasteiger partial charge in [0.05, 0.1) is 28.4 Å². The fourth-order valence-electron chi connectivity index (χ4n) is 3.36. The molecule has 0 spiro atoms. The number of fused-ring (bicyclic) bond motifs is 1. The molecule has 150 valence electrons. The Balaban J connectivity index is 2.04. The summed E-state index contributed by atoms with van der Waals surface area (Å²) >= 11 is 0. The lowest BCUT2D eigenvalue weighted by Gasteiger charge is -2.33. The van der Waals surface area contributed by atoms with Crippen molar-refractivity contribution >= 4 is 0 Å². The smallest absolute Gasteiger partial charge is 0.204 e. The summed E-state index contributed by atoms with van der Waals surface area (Å²) in [6.07, 6.45) is 1.93. The van der Waals surface area contributed by atoms with Crippen molar-refractivity contribution in [1.29, 1.82) is 0 Å². The van der Waals surface area contributed by atoms with Crippen molar-refractivity contribution in [2.75, 3.05) is 28.4 Å². The second-order valence-corrected chi connectivity index (χ2v) is 6.44. The maximum absolute atomic E-state index is 6.34. The molecule has 0 saturated heterocycles.